The first kappa shape index (κ1) is 21.2. The SMILES string of the molecule is Cc1cc(C)cc(C(=O)N2CCN(S(=O)(=O)c3cn(C)nc3-c3ccncc3)CC2)c1. The largest absolute Gasteiger partial charge is 0.336 e. The second-order valence-electron chi connectivity index (χ2n) is 7.82. The van der Waals surface area contributed by atoms with Gasteiger partial charge in [-0.3, -0.25) is 14.5 Å². The van der Waals surface area contributed by atoms with Crippen LogP contribution in [-0.4, -0.2) is 64.5 Å². The van der Waals surface area contributed by atoms with Gasteiger partial charge in [-0.2, -0.15) is 9.40 Å². The molecule has 1 fully saturated rings. The quantitative estimate of drug-likeness (QED) is 0.622. The molecule has 3 aromatic rings. The third kappa shape index (κ3) is 4.24. The highest BCUT2D eigenvalue weighted by atomic mass is 32.2. The van der Waals surface area contributed by atoms with E-state index < -0.39 is 10.0 Å². The van der Waals surface area contributed by atoms with Gasteiger partial charge in [-0.05, 0) is 38.1 Å². The van der Waals surface area contributed by atoms with Crippen LogP contribution >= 0.6 is 0 Å². The van der Waals surface area contributed by atoms with Gasteiger partial charge >= 0.3 is 0 Å². The van der Waals surface area contributed by atoms with Gasteiger partial charge in [0.1, 0.15) is 10.6 Å². The lowest BCUT2D eigenvalue weighted by molar-refractivity contribution is 0.0697. The standard InChI is InChI=1S/C22H25N5O3S/c1-16-12-17(2)14-19(13-16)22(28)26-8-10-27(11-9-26)31(29,30)20-15-25(3)24-21(20)18-4-6-23-7-5-18/h4-7,12-15H,8-11H2,1-3H3. The van der Waals surface area contributed by atoms with E-state index in [1.54, 1.807) is 36.5 Å². The molecule has 1 aromatic carbocycles. The topological polar surface area (TPSA) is 88.4 Å². The Morgan fingerprint density at radius 3 is 2.19 bits per heavy atom. The van der Waals surface area contributed by atoms with E-state index in [-0.39, 0.29) is 23.9 Å². The molecule has 0 spiro atoms. The van der Waals surface area contributed by atoms with Crippen molar-refractivity contribution in [1.82, 2.24) is 24.0 Å². The summed E-state index contributed by atoms with van der Waals surface area (Å²) in [5.41, 5.74) is 3.80. The lowest BCUT2D eigenvalue weighted by Gasteiger charge is -2.34. The summed E-state index contributed by atoms with van der Waals surface area (Å²) >= 11 is 0. The maximum absolute atomic E-state index is 13.4. The van der Waals surface area contributed by atoms with Gasteiger partial charge in [-0.15, -0.1) is 0 Å². The number of pyridine rings is 1. The molecule has 0 aliphatic carbocycles. The Morgan fingerprint density at radius 2 is 1.58 bits per heavy atom. The summed E-state index contributed by atoms with van der Waals surface area (Å²) in [4.78, 5) is 18.8. The Labute approximate surface area is 182 Å². The average molecular weight is 440 g/mol. The molecule has 0 radical (unpaired) electrons. The van der Waals surface area contributed by atoms with E-state index in [1.165, 1.54) is 15.2 Å². The minimum absolute atomic E-state index is 0.0669. The van der Waals surface area contributed by atoms with Crippen molar-refractivity contribution in [2.24, 2.45) is 7.05 Å². The summed E-state index contributed by atoms with van der Waals surface area (Å²) < 4.78 is 29.7. The van der Waals surface area contributed by atoms with Gasteiger partial charge in [0.15, 0.2) is 0 Å². The third-order valence-electron chi connectivity index (χ3n) is 5.36. The van der Waals surface area contributed by atoms with Crippen molar-refractivity contribution in [3.8, 4) is 11.3 Å². The molecule has 1 aliphatic rings. The molecular weight excluding hydrogens is 414 g/mol. The number of piperazine rings is 1. The number of rotatable bonds is 4. The Balaban J connectivity index is 1.53. The number of carbonyl (C=O) groups is 1. The molecule has 4 rings (SSSR count). The van der Waals surface area contributed by atoms with Crippen LogP contribution in [-0.2, 0) is 17.1 Å². The van der Waals surface area contributed by atoms with E-state index in [0.717, 1.165) is 11.1 Å². The monoisotopic (exact) mass is 439 g/mol. The zero-order chi connectivity index (χ0) is 22.2. The van der Waals surface area contributed by atoms with Crippen molar-refractivity contribution in [2.45, 2.75) is 18.7 Å². The molecule has 0 unspecified atom stereocenters. The molecule has 1 saturated heterocycles. The summed E-state index contributed by atoms with van der Waals surface area (Å²) in [6.07, 6.45) is 4.74. The van der Waals surface area contributed by atoms with Crippen LogP contribution in [0, 0.1) is 13.8 Å². The molecule has 9 heteroatoms. The van der Waals surface area contributed by atoms with Crippen LogP contribution in [0.1, 0.15) is 21.5 Å². The number of benzene rings is 1. The number of carbonyl (C=O) groups excluding carboxylic acids is 1. The Kier molecular flexibility index (Phi) is 5.63. The fraction of sp³-hybridized carbons (Fsp3) is 0.318. The molecular formula is C22H25N5O3S. The lowest BCUT2D eigenvalue weighted by atomic mass is 10.1. The first-order valence-corrected chi connectivity index (χ1v) is 11.5. The highest BCUT2D eigenvalue weighted by Gasteiger charge is 2.33. The molecule has 0 N–H and O–H groups in total. The number of aryl methyl sites for hydroxylation is 3. The first-order chi connectivity index (χ1) is 14.8. The molecule has 3 heterocycles. The highest BCUT2D eigenvalue weighted by molar-refractivity contribution is 7.89. The van der Waals surface area contributed by atoms with E-state index in [4.69, 9.17) is 0 Å². The predicted octanol–water partition coefficient (Wildman–Crippen LogP) is 2.25. The van der Waals surface area contributed by atoms with E-state index >= 15 is 0 Å². The predicted molar refractivity (Wildman–Crippen MR) is 117 cm³/mol. The Bertz CT molecular complexity index is 1190. The fourth-order valence-corrected chi connectivity index (χ4v) is 5.53. The second kappa shape index (κ2) is 8.24. The maximum Gasteiger partial charge on any atom is 0.253 e. The van der Waals surface area contributed by atoms with Gasteiger partial charge < -0.3 is 4.90 Å². The van der Waals surface area contributed by atoms with Crippen LogP contribution < -0.4 is 0 Å². The number of nitrogens with zero attached hydrogens (tertiary/aromatic N) is 5. The number of hydrogen-bond acceptors (Lipinski definition) is 5. The van der Waals surface area contributed by atoms with Crippen molar-refractivity contribution >= 4 is 15.9 Å². The van der Waals surface area contributed by atoms with Gasteiger partial charge in [0, 0.05) is 62.9 Å². The molecule has 1 amide bonds. The normalized spacial score (nSPS) is 15.3. The van der Waals surface area contributed by atoms with E-state index in [1.807, 2.05) is 32.0 Å². The van der Waals surface area contributed by atoms with Gasteiger partial charge in [0.2, 0.25) is 10.0 Å². The lowest BCUT2D eigenvalue weighted by Crippen LogP contribution is -2.50. The molecule has 0 saturated carbocycles. The summed E-state index contributed by atoms with van der Waals surface area (Å²) in [5.74, 6) is -0.0669. The van der Waals surface area contributed by atoms with Crippen molar-refractivity contribution < 1.29 is 13.2 Å². The number of sulfonamides is 1. The summed E-state index contributed by atoms with van der Waals surface area (Å²) in [6, 6.07) is 9.24. The van der Waals surface area contributed by atoms with Crippen molar-refractivity contribution in [1.29, 1.82) is 0 Å². The van der Waals surface area contributed by atoms with Gasteiger partial charge in [0.25, 0.3) is 5.91 Å². The van der Waals surface area contributed by atoms with E-state index in [2.05, 4.69) is 10.1 Å². The molecule has 0 atom stereocenters. The minimum Gasteiger partial charge on any atom is -0.336 e. The average Bonchev–Trinajstić information content (AvgIpc) is 3.16. The summed E-state index contributed by atoms with van der Waals surface area (Å²) in [5, 5.41) is 4.36. The third-order valence-corrected chi connectivity index (χ3v) is 7.26. The number of aromatic nitrogens is 3. The molecule has 8 nitrogen and oxygen atoms in total. The molecule has 162 valence electrons. The Hall–Kier alpha value is -3.04. The van der Waals surface area contributed by atoms with E-state index in [9.17, 15) is 13.2 Å². The molecule has 31 heavy (non-hydrogen) atoms. The van der Waals surface area contributed by atoms with Crippen LogP contribution in [0.5, 0.6) is 0 Å². The summed E-state index contributed by atoms with van der Waals surface area (Å²) in [7, 11) is -2.06. The van der Waals surface area contributed by atoms with Crippen molar-refractivity contribution in [2.75, 3.05) is 26.2 Å². The molecule has 2 aromatic heterocycles. The van der Waals surface area contributed by atoms with Crippen LogP contribution in [0.25, 0.3) is 11.3 Å². The van der Waals surface area contributed by atoms with Crippen molar-refractivity contribution in [3.63, 3.8) is 0 Å². The fourth-order valence-electron chi connectivity index (χ4n) is 3.92. The highest BCUT2D eigenvalue weighted by Crippen LogP contribution is 2.28. The van der Waals surface area contributed by atoms with Gasteiger partial charge in [0.05, 0.1) is 0 Å². The smallest absolute Gasteiger partial charge is 0.253 e. The zero-order valence-corrected chi connectivity index (χ0v) is 18.6. The van der Waals surface area contributed by atoms with Gasteiger partial charge in [-0.25, -0.2) is 8.42 Å². The van der Waals surface area contributed by atoms with Crippen LogP contribution in [0.3, 0.4) is 0 Å². The number of amides is 1. The van der Waals surface area contributed by atoms with Crippen molar-refractivity contribution in [3.05, 3.63) is 65.6 Å². The first-order valence-electron chi connectivity index (χ1n) is 10.1. The van der Waals surface area contributed by atoms with Crippen LogP contribution in [0.4, 0.5) is 0 Å². The zero-order valence-electron chi connectivity index (χ0n) is 17.8. The summed E-state index contributed by atoms with van der Waals surface area (Å²) in [6.45, 7) is 5.09. The Morgan fingerprint density at radius 1 is 0.968 bits per heavy atom. The minimum atomic E-state index is -3.76. The molecule has 1 aliphatic heterocycles. The van der Waals surface area contributed by atoms with E-state index in [0.29, 0.717) is 29.9 Å². The molecule has 0 bridgehead atoms. The van der Waals surface area contributed by atoms with Crippen LogP contribution in [0.15, 0.2) is 53.8 Å². The van der Waals surface area contributed by atoms with Gasteiger partial charge in [-0.1, -0.05) is 17.2 Å². The maximum atomic E-state index is 13.4. The number of hydrogen-bond donors (Lipinski definition) is 0. The second-order valence-corrected chi connectivity index (χ2v) is 9.73. The van der Waals surface area contributed by atoms with Crippen LogP contribution in [0.2, 0.25) is 0 Å².